The van der Waals surface area contributed by atoms with Crippen molar-refractivity contribution in [1.82, 2.24) is 0 Å². The predicted octanol–water partition coefficient (Wildman–Crippen LogP) is 3.62. The first-order valence-electron chi connectivity index (χ1n) is 8.07. The van der Waals surface area contributed by atoms with Gasteiger partial charge in [0.1, 0.15) is 5.75 Å². The molecule has 25 heavy (non-hydrogen) atoms. The second kappa shape index (κ2) is 6.80. The number of carbonyl (C=O) groups is 1. The van der Waals surface area contributed by atoms with Crippen LogP contribution in [0.5, 0.6) is 5.75 Å². The van der Waals surface area contributed by atoms with Crippen LogP contribution in [0.15, 0.2) is 47.5 Å². The molecule has 0 saturated heterocycles. The summed E-state index contributed by atoms with van der Waals surface area (Å²) in [4.78, 5) is 17.1. The fraction of sp³-hybridized carbons (Fsp3) is 0.263. The van der Waals surface area contributed by atoms with E-state index < -0.39 is 5.54 Å². The quantitative estimate of drug-likeness (QED) is 0.785. The van der Waals surface area contributed by atoms with Gasteiger partial charge < -0.3 is 16.2 Å². The van der Waals surface area contributed by atoms with Crippen LogP contribution in [0.2, 0.25) is 0 Å². The normalized spacial score (nSPS) is 20.0. The van der Waals surface area contributed by atoms with Crippen LogP contribution in [-0.4, -0.2) is 21.9 Å². The van der Waals surface area contributed by atoms with Gasteiger partial charge in [0.05, 0.1) is 5.54 Å². The van der Waals surface area contributed by atoms with E-state index in [1.807, 2.05) is 25.1 Å². The van der Waals surface area contributed by atoms with Crippen LogP contribution in [0.3, 0.4) is 0 Å². The zero-order chi connectivity index (χ0) is 18.0. The number of rotatable bonds is 3. The minimum atomic E-state index is -0.409. The van der Waals surface area contributed by atoms with E-state index in [0.29, 0.717) is 16.4 Å². The highest BCUT2D eigenvalue weighted by atomic mass is 32.2. The van der Waals surface area contributed by atoms with Crippen molar-refractivity contribution in [2.45, 2.75) is 25.8 Å². The molecule has 0 aromatic heterocycles. The monoisotopic (exact) mass is 355 g/mol. The molecule has 1 atom stereocenters. The summed E-state index contributed by atoms with van der Waals surface area (Å²) in [5, 5.41) is 13.2. The number of nitrogens with two attached hydrogens (primary N) is 1. The highest BCUT2D eigenvalue weighted by molar-refractivity contribution is 8.13. The number of carbonyl (C=O) groups excluding carboxylic acids is 1. The van der Waals surface area contributed by atoms with E-state index in [2.05, 4.69) is 10.3 Å². The molecule has 6 heteroatoms. The number of benzene rings is 2. The topological polar surface area (TPSA) is 87.7 Å². The van der Waals surface area contributed by atoms with Gasteiger partial charge in [0.15, 0.2) is 5.17 Å². The number of hydrogen-bond acceptors (Lipinski definition) is 5. The van der Waals surface area contributed by atoms with Crippen LogP contribution in [0.4, 0.5) is 5.69 Å². The number of hydrogen-bond donors (Lipinski definition) is 3. The van der Waals surface area contributed by atoms with E-state index in [4.69, 9.17) is 5.73 Å². The van der Waals surface area contributed by atoms with Crippen molar-refractivity contribution < 1.29 is 9.90 Å². The fourth-order valence-electron chi connectivity index (χ4n) is 2.78. The first-order chi connectivity index (χ1) is 11.9. The van der Waals surface area contributed by atoms with Crippen molar-refractivity contribution in [3.05, 3.63) is 59.2 Å². The number of amidine groups is 1. The Labute approximate surface area is 151 Å². The zero-order valence-electron chi connectivity index (χ0n) is 14.2. The standard InChI is InChI=1S/C19H21N3O2S/c1-12-6-7-15(11-16(12)23)21-17(24)13-4-3-5-14(10-13)19(2)8-9-25-18(20)22-19/h3-7,10-11,23H,8-9H2,1-2H3,(H2,20,22)(H,21,24). The van der Waals surface area contributed by atoms with Crippen molar-refractivity contribution in [2.75, 3.05) is 11.1 Å². The maximum absolute atomic E-state index is 12.6. The average Bonchev–Trinajstić information content (AvgIpc) is 2.58. The van der Waals surface area contributed by atoms with Gasteiger partial charge in [-0.2, -0.15) is 0 Å². The average molecular weight is 355 g/mol. The third-order valence-electron chi connectivity index (χ3n) is 4.41. The molecule has 0 spiro atoms. The Morgan fingerprint density at radius 3 is 2.84 bits per heavy atom. The molecule has 0 fully saturated rings. The number of nitrogens with one attached hydrogen (secondary N) is 1. The molecular formula is C19H21N3O2S. The van der Waals surface area contributed by atoms with Gasteiger partial charge in [0.2, 0.25) is 0 Å². The summed E-state index contributed by atoms with van der Waals surface area (Å²) in [6.07, 6.45) is 0.870. The first-order valence-corrected chi connectivity index (χ1v) is 9.05. The number of thioether (sulfide) groups is 1. The Bertz CT molecular complexity index is 850. The lowest BCUT2D eigenvalue weighted by molar-refractivity contribution is 0.102. The second-order valence-electron chi connectivity index (χ2n) is 6.36. The molecular weight excluding hydrogens is 334 g/mol. The first kappa shape index (κ1) is 17.4. The van der Waals surface area contributed by atoms with E-state index in [1.54, 1.807) is 43.0 Å². The van der Waals surface area contributed by atoms with Crippen molar-refractivity contribution in [3.8, 4) is 5.75 Å². The van der Waals surface area contributed by atoms with Crippen LogP contribution in [-0.2, 0) is 5.54 Å². The van der Waals surface area contributed by atoms with Gasteiger partial charge in [-0.05, 0) is 49.6 Å². The van der Waals surface area contributed by atoms with Gasteiger partial charge in [0, 0.05) is 23.1 Å². The Hall–Kier alpha value is -2.47. The van der Waals surface area contributed by atoms with E-state index in [9.17, 15) is 9.90 Å². The van der Waals surface area contributed by atoms with Crippen LogP contribution < -0.4 is 11.1 Å². The molecule has 3 rings (SSSR count). The molecule has 0 radical (unpaired) electrons. The number of phenols is 1. The zero-order valence-corrected chi connectivity index (χ0v) is 15.1. The van der Waals surface area contributed by atoms with Crippen LogP contribution >= 0.6 is 11.8 Å². The molecule has 2 aromatic carbocycles. The Morgan fingerprint density at radius 2 is 2.12 bits per heavy atom. The third-order valence-corrected chi connectivity index (χ3v) is 5.20. The lowest BCUT2D eigenvalue weighted by Gasteiger charge is -2.30. The SMILES string of the molecule is Cc1ccc(NC(=O)c2cccc(C3(C)CCSC(N)=N3)c2)cc1O. The maximum atomic E-state index is 12.6. The summed E-state index contributed by atoms with van der Waals surface area (Å²) in [6, 6.07) is 12.5. The van der Waals surface area contributed by atoms with Crippen molar-refractivity contribution in [1.29, 1.82) is 0 Å². The molecule has 1 unspecified atom stereocenters. The number of aliphatic imine (C=N–C) groups is 1. The molecule has 1 heterocycles. The fourth-order valence-corrected chi connectivity index (χ4v) is 3.76. The van der Waals surface area contributed by atoms with Gasteiger partial charge in [-0.25, -0.2) is 0 Å². The summed E-state index contributed by atoms with van der Waals surface area (Å²) < 4.78 is 0. The lowest BCUT2D eigenvalue weighted by atomic mass is 9.88. The summed E-state index contributed by atoms with van der Waals surface area (Å²) in [7, 11) is 0. The smallest absolute Gasteiger partial charge is 0.255 e. The predicted molar refractivity (Wildman–Crippen MR) is 103 cm³/mol. The van der Waals surface area contributed by atoms with Crippen molar-refractivity contribution >= 4 is 28.5 Å². The van der Waals surface area contributed by atoms with Crippen LogP contribution in [0.25, 0.3) is 0 Å². The minimum Gasteiger partial charge on any atom is -0.508 e. The highest BCUT2D eigenvalue weighted by Gasteiger charge is 2.29. The Kier molecular flexibility index (Phi) is 4.72. The number of aromatic hydroxyl groups is 1. The second-order valence-corrected chi connectivity index (χ2v) is 7.47. The van der Waals surface area contributed by atoms with E-state index in [0.717, 1.165) is 23.3 Å². The van der Waals surface area contributed by atoms with Crippen LogP contribution in [0.1, 0.15) is 34.8 Å². The molecule has 1 aliphatic heterocycles. The largest absolute Gasteiger partial charge is 0.508 e. The minimum absolute atomic E-state index is 0.156. The number of anilines is 1. The number of aryl methyl sites for hydroxylation is 1. The Morgan fingerprint density at radius 1 is 1.32 bits per heavy atom. The lowest BCUT2D eigenvalue weighted by Crippen LogP contribution is -2.29. The Balaban J connectivity index is 1.84. The molecule has 2 aromatic rings. The molecule has 0 saturated carbocycles. The number of amides is 1. The molecule has 0 bridgehead atoms. The van der Waals surface area contributed by atoms with Crippen molar-refractivity contribution in [3.63, 3.8) is 0 Å². The van der Waals surface area contributed by atoms with Gasteiger partial charge in [-0.15, -0.1) is 0 Å². The van der Waals surface area contributed by atoms with Gasteiger partial charge >= 0.3 is 0 Å². The molecule has 1 amide bonds. The van der Waals surface area contributed by atoms with Gasteiger partial charge in [-0.1, -0.05) is 30.0 Å². The molecule has 5 nitrogen and oxygen atoms in total. The summed E-state index contributed by atoms with van der Waals surface area (Å²) in [5.41, 5.74) is 8.31. The highest BCUT2D eigenvalue weighted by Crippen LogP contribution is 2.35. The molecule has 130 valence electrons. The summed E-state index contributed by atoms with van der Waals surface area (Å²) >= 11 is 1.55. The summed E-state index contributed by atoms with van der Waals surface area (Å²) in [6.45, 7) is 3.84. The van der Waals surface area contributed by atoms with Crippen LogP contribution in [0, 0.1) is 6.92 Å². The number of phenolic OH excluding ortho intramolecular Hbond substituents is 1. The van der Waals surface area contributed by atoms with E-state index >= 15 is 0 Å². The van der Waals surface area contributed by atoms with E-state index in [1.165, 1.54) is 0 Å². The maximum Gasteiger partial charge on any atom is 0.255 e. The number of nitrogens with zero attached hydrogens (tertiary/aromatic N) is 1. The van der Waals surface area contributed by atoms with Crippen molar-refractivity contribution in [2.24, 2.45) is 10.7 Å². The molecule has 4 N–H and O–H groups in total. The van der Waals surface area contributed by atoms with E-state index in [-0.39, 0.29) is 11.7 Å². The summed E-state index contributed by atoms with van der Waals surface area (Å²) in [5.74, 6) is 0.838. The van der Waals surface area contributed by atoms with Gasteiger partial charge in [-0.3, -0.25) is 9.79 Å². The molecule has 1 aliphatic rings. The third kappa shape index (κ3) is 3.79. The van der Waals surface area contributed by atoms with Gasteiger partial charge in [0.25, 0.3) is 5.91 Å². The molecule has 0 aliphatic carbocycles.